The van der Waals surface area contributed by atoms with Crippen LogP contribution in [-0.4, -0.2) is 37.1 Å². The maximum atomic E-state index is 3.65. The summed E-state index contributed by atoms with van der Waals surface area (Å²) in [5, 5.41) is 3.65. The number of nitrogens with one attached hydrogen (secondary N) is 1. The van der Waals surface area contributed by atoms with Crippen LogP contribution in [0.25, 0.3) is 0 Å². The van der Waals surface area contributed by atoms with Gasteiger partial charge in [-0.3, -0.25) is 0 Å². The molecule has 0 radical (unpaired) electrons. The average Bonchev–Trinajstić information content (AvgIpc) is 2.30. The van der Waals surface area contributed by atoms with Crippen molar-refractivity contribution in [1.29, 1.82) is 0 Å². The van der Waals surface area contributed by atoms with E-state index < -0.39 is 0 Å². The molecule has 0 amide bonds. The third-order valence-electron chi connectivity index (χ3n) is 4.09. The lowest BCUT2D eigenvalue weighted by molar-refractivity contribution is 0.163. The number of piperazine rings is 1. The fraction of sp³-hybridized carbons (Fsp3) is 0.600. The minimum absolute atomic E-state index is 0.578. The Morgan fingerprint density at radius 1 is 1.35 bits per heavy atom. The van der Waals surface area contributed by atoms with Gasteiger partial charge in [0.25, 0.3) is 0 Å². The molecule has 2 atom stereocenters. The van der Waals surface area contributed by atoms with Crippen molar-refractivity contribution in [2.75, 3.05) is 20.1 Å². The van der Waals surface area contributed by atoms with Crippen LogP contribution < -0.4 is 5.32 Å². The van der Waals surface area contributed by atoms with Crippen LogP contribution in [0.15, 0.2) is 18.2 Å². The molecule has 1 heterocycles. The lowest BCUT2D eigenvalue weighted by Crippen LogP contribution is -2.55. The minimum atomic E-state index is 0.578. The van der Waals surface area contributed by atoms with Crippen LogP contribution in [-0.2, 0) is 6.42 Å². The first-order valence-corrected chi connectivity index (χ1v) is 6.57. The predicted molar refractivity (Wildman–Crippen MR) is 73.5 cm³/mol. The molecule has 1 saturated heterocycles. The van der Waals surface area contributed by atoms with E-state index in [-0.39, 0.29) is 0 Å². The Labute approximate surface area is 105 Å². The number of aryl methyl sites for hydroxylation is 2. The second-order valence-corrected chi connectivity index (χ2v) is 5.42. The molecule has 94 valence electrons. The summed E-state index contributed by atoms with van der Waals surface area (Å²) in [7, 11) is 2.22. The van der Waals surface area contributed by atoms with Gasteiger partial charge in [0.15, 0.2) is 0 Å². The number of benzene rings is 1. The molecular formula is C15H24N2. The van der Waals surface area contributed by atoms with Crippen molar-refractivity contribution in [2.45, 2.75) is 39.3 Å². The summed E-state index contributed by atoms with van der Waals surface area (Å²) < 4.78 is 0. The lowest BCUT2D eigenvalue weighted by Gasteiger charge is -2.38. The first-order valence-electron chi connectivity index (χ1n) is 6.57. The number of nitrogens with zero attached hydrogens (tertiary/aromatic N) is 1. The van der Waals surface area contributed by atoms with E-state index in [2.05, 4.69) is 56.2 Å². The molecule has 2 heteroatoms. The molecular weight excluding hydrogens is 208 g/mol. The average molecular weight is 232 g/mol. The highest BCUT2D eigenvalue weighted by atomic mass is 15.2. The third-order valence-corrected chi connectivity index (χ3v) is 4.09. The van der Waals surface area contributed by atoms with Crippen LogP contribution in [0.1, 0.15) is 23.6 Å². The smallest absolute Gasteiger partial charge is 0.0261 e. The second-order valence-electron chi connectivity index (χ2n) is 5.42. The van der Waals surface area contributed by atoms with Crippen LogP contribution in [0.5, 0.6) is 0 Å². The predicted octanol–water partition coefficient (Wildman–Crippen LogP) is 2.14. The molecule has 0 saturated carbocycles. The van der Waals surface area contributed by atoms with Crippen molar-refractivity contribution in [2.24, 2.45) is 0 Å². The highest BCUT2D eigenvalue weighted by Crippen LogP contribution is 2.17. The Bertz CT molecular complexity index is 387. The van der Waals surface area contributed by atoms with E-state index in [4.69, 9.17) is 0 Å². The van der Waals surface area contributed by atoms with Gasteiger partial charge >= 0.3 is 0 Å². The molecule has 0 spiro atoms. The molecule has 1 fully saturated rings. The van der Waals surface area contributed by atoms with E-state index in [1.807, 2.05) is 0 Å². The summed E-state index contributed by atoms with van der Waals surface area (Å²) in [5.41, 5.74) is 4.27. The molecule has 2 nitrogen and oxygen atoms in total. The van der Waals surface area contributed by atoms with Gasteiger partial charge in [0, 0.05) is 25.2 Å². The summed E-state index contributed by atoms with van der Waals surface area (Å²) in [6, 6.07) is 7.96. The van der Waals surface area contributed by atoms with Gasteiger partial charge in [0.1, 0.15) is 0 Å². The maximum Gasteiger partial charge on any atom is 0.0261 e. The highest BCUT2D eigenvalue weighted by molar-refractivity contribution is 5.31. The van der Waals surface area contributed by atoms with Gasteiger partial charge in [-0.05, 0) is 45.4 Å². The van der Waals surface area contributed by atoms with Crippen LogP contribution in [0, 0.1) is 13.8 Å². The summed E-state index contributed by atoms with van der Waals surface area (Å²) in [6.07, 6.45) is 1.14. The zero-order valence-corrected chi connectivity index (χ0v) is 11.5. The summed E-state index contributed by atoms with van der Waals surface area (Å²) in [4.78, 5) is 2.45. The van der Waals surface area contributed by atoms with Crippen molar-refractivity contribution in [3.05, 3.63) is 34.9 Å². The van der Waals surface area contributed by atoms with E-state index in [1.165, 1.54) is 16.7 Å². The normalized spacial score (nSPS) is 26.1. The standard InChI is InChI=1S/C15H24N2/c1-11-5-6-12(2)14(9-11)10-15-13(3)17(4)8-7-16-15/h5-6,9,13,15-16H,7-8,10H2,1-4H3. The van der Waals surface area contributed by atoms with E-state index in [1.54, 1.807) is 0 Å². The summed E-state index contributed by atoms with van der Waals surface area (Å²) >= 11 is 0. The van der Waals surface area contributed by atoms with E-state index in [0.717, 1.165) is 19.5 Å². The monoisotopic (exact) mass is 232 g/mol. The van der Waals surface area contributed by atoms with E-state index in [9.17, 15) is 0 Å². The zero-order chi connectivity index (χ0) is 12.4. The first-order chi connectivity index (χ1) is 8.08. The van der Waals surface area contributed by atoms with Gasteiger partial charge in [-0.2, -0.15) is 0 Å². The fourth-order valence-electron chi connectivity index (χ4n) is 2.61. The molecule has 1 aromatic carbocycles. The quantitative estimate of drug-likeness (QED) is 0.840. The lowest BCUT2D eigenvalue weighted by atomic mass is 9.94. The summed E-state index contributed by atoms with van der Waals surface area (Å²) in [6.45, 7) is 8.97. The van der Waals surface area contributed by atoms with Crippen LogP contribution in [0.3, 0.4) is 0 Å². The second kappa shape index (κ2) is 5.19. The van der Waals surface area contributed by atoms with Crippen molar-refractivity contribution < 1.29 is 0 Å². The maximum absolute atomic E-state index is 3.65. The number of hydrogen-bond donors (Lipinski definition) is 1. The Kier molecular flexibility index (Phi) is 3.85. The van der Waals surface area contributed by atoms with Gasteiger partial charge in [-0.1, -0.05) is 23.8 Å². The zero-order valence-electron chi connectivity index (χ0n) is 11.5. The van der Waals surface area contributed by atoms with E-state index >= 15 is 0 Å². The van der Waals surface area contributed by atoms with Crippen LogP contribution in [0.4, 0.5) is 0 Å². The Morgan fingerprint density at radius 2 is 2.12 bits per heavy atom. The molecule has 1 aliphatic heterocycles. The topological polar surface area (TPSA) is 15.3 Å². The van der Waals surface area contributed by atoms with Crippen LogP contribution in [0.2, 0.25) is 0 Å². The van der Waals surface area contributed by atoms with Crippen LogP contribution >= 0.6 is 0 Å². The molecule has 2 rings (SSSR count). The first kappa shape index (κ1) is 12.6. The van der Waals surface area contributed by atoms with Gasteiger partial charge in [0.05, 0.1) is 0 Å². The molecule has 1 aromatic rings. The SMILES string of the molecule is Cc1ccc(C)c(CC2NCCN(C)C2C)c1. The molecule has 2 unspecified atom stereocenters. The molecule has 0 aliphatic carbocycles. The van der Waals surface area contributed by atoms with Crippen molar-refractivity contribution in [3.8, 4) is 0 Å². The van der Waals surface area contributed by atoms with E-state index in [0.29, 0.717) is 12.1 Å². The van der Waals surface area contributed by atoms with Gasteiger partial charge < -0.3 is 10.2 Å². The molecule has 17 heavy (non-hydrogen) atoms. The Balaban J connectivity index is 2.11. The van der Waals surface area contributed by atoms with Gasteiger partial charge in [-0.15, -0.1) is 0 Å². The number of likely N-dealkylation sites (N-methyl/N-ethyl adjacent to an activating group) is 1. The van der Waals surface area contributed by atoms with Crippen molar-refractivity contribution in [3.63, 3.8) is 0 Å². The minimum Gasteiger partial charge on any atom is -0.311 e. The van der Waals surface area contributed by atoms with Crippen molar-refractivity contribution in [1.82, 2.24) is 10.2 Å². The molecule has 0 aromatic heterocycles. The largest absolute Gasteiger partial charge is 0.311 e. The molecule has 0 bridgehead atoms. The van der Waals surface area contributed by atoms with Crippen molar-refractivity contribution >= 4 is 0 Å². The van der Waals surface area contributed by atoms with Gasteiger partial charge in [-0.25, -0.2) is 0 Å². The highest BCUT2D eigenvalue weighted by Gasteiger charge is 2.25. The third kappa shape index (κ3) is 2.88. The molecule has 1 N–H and O–H groups in total. The summed E-state index contributed by atoms with van der Waals surface area (Å²) in [5.74, 6) is 0. The van der Waals surface area contributed by atoms with Gasteiger partial charge in [0.2, 0.25) is 0 Å². The molecule has 1 aliphatic rings. The fourth-order valence-corrected chi connectivity index (χ4v) is 2.61. The number of hydrogen-bond acceptors (Lipinski definition) is 2. The Hall–Kier alpha value is -0.860. The Morgan fingerprint density at radius 3 is 2.88 bits per heavy atom. The number of rotatable bonds is 2.